The molecule has 1 aromatic carbocycles. The molecule has 24 heavy (non-hydrogen) atoms. The highest BCUT2D eigenvalue weighted by atomic mass is 16.5. The second-order valence-electron chi connectivity index (χ2n) is 6.09. The molecule has 0 bridgehead atoms. The number of hydrogen-bond acceptors (Lipinski definition) is 3. The molecule has 0 heterocycles. The Morgan fingerprint density at radius 2 is 2.00 bits per heavy atom. The fraction of sp³-hybridized carbons (Fsp3) is 0.550. The Kier molecular flexibility index (Phi) is 10.8. The first-order valence-corrected chi connectivity index (χ1v) is 8.88. The molecule has 0 aliphatic rings. The van der Waals surface area contributed by atoms with Gasteiger partial charge in [-0.2, -0.15) is 0 Å². The van der Waals surface area contributed by atoms with Crippen molar-refractivity contribution in [1.29, 1.82) is 0 Å². The highest BCUT2D eigenvalue weighted by Crippen LogP contribution is 2.15. The van der Waals surface area contributed by atoms with Crippen LogP contribution in [0.15, 0.2) is 36.4 Å². The van der Waals surface area contributed by atoms with Crippen LogP contribution >= 0.6 is 0 Å². The number of aryl methyl sites for hydroxylation is 1. The summed E-state index contributed by atoms with van der Waals surface area (Å²) in [6.07, 6.45) is 6.76. The van der Waals surface area contributed by atoms with Crippen molar-refractivity contribution in [3.05, 3.63) is 47.5 Å². The van der Waals surface area contributed by atoms with Gasteiger partial charge in [0, 0.05) is 19.7 Å². The molecule has 0 saturated heterocycles. The standard InChI is InChI=1S/C20H32N2O2/c1-4-18(16-19-9-7-17(2)8-10-19)11-12-22-13-15-24-14-5-6-20(23)21-3/h5-10,18,22H,4,11-16H2,1-3H3,(H,21,23)/b6-5-. The lowest BCUT2D eigenvalue weighted by Crippen LogP contribution is -2.23. The molecule has 4 nitrogen and oxygen atoms in total. The number of amides is 1. The third-order valence-corrected chi connectivity index (χ3v) is 4.10. The van der Waals surface area contributed by atoms with E-state index in [4.69, 9.17) is 4.74 Å². The molecule has 0 aliphatic heterocycles. The summed E-state index contributed by atoms with van der Waals surface area (Å²) in [5.41, 5.74) is 2.75. The van der Waals surface area contributed by atoms with Gasteiger partial charge in [-0.25, -0.2) is 0 Å². The van der Waals surface area contributed by atoms with Gasteiger partial charge in [0.1, 0.15) is 0 Å². The molecule has 4 heteroatoms. The van der Waals surface area contributed by atoms with Crippen LogP contribution in [0.5, 0.6) is 0 Å². The van der Waals surface area contributed by atoms with E-state index < -0.39 is 0 Å². The third kappa shape index (κ3) is 9.48. The largest absolute Gasteiger partial charge is 0.376 e. The second-order valence-corrected chi connectivity index (χ2v) is 6.09. The van der Waals surface area contributed by atoms with E-state index in [0.29, 0.717) is 13.2 Å². The minimum atomic E-state index is -0.101. The van der Waals surface area contributed by atoms with Crippen LogP contribution in [0.25, 0.3) is 0 Å². The van der Waals surface area contributed by atoms with Crippen LogP contribution in [-0.2, 0) is 16.0 Å². The topological polar surface area (TPSA) is 50.4 Å². The molecule has 0 fully saturated rings. The molecular formula is C20H32N2O2. The quantitative estimate of drug-likeness (QED) is 0.457. The number of benzene rings is 1. The van der Waals surface area contributed by atoms with Gasteiger partial charge in [0.05, 0.1) is 13.2 Å². The highest BCUT2D eigenvalue weighted by molar-refractivity contribution is 5.87. The molecule has 0 aromatic heterocycles. The van der Waals surface area contributed by atoms with Crippen molar-refractivity contribution < 1.29 is 9.53 Å². The monoisotopic (exact) mass is 332 g/mol. The minimum Gasteiger partial charge on any atom is -0.376 e. The van der Waals surface area contributed by atoms with Gasteiger partial charge >= 0.3 is 0 Å². The molecular weight excluding hydrogens is 300 g/mol. The van der Waals surface area contributed by atoms with Gasteiger partial charge in [-0.05, 0) is 37.8 Å². The lowest BCUT2D eigenvalue weighted by molar-refractivity contribution is -0.116. The Labute approximate surface area is 146 Å². The van der Waals surface area contributed by atoms with Crippen molar-refractivity contribution in [2.24, 2.45) is 5.92 Å². The maximum absolute atomic E-state index is 11.0. The maximum atomic E-state index is 11.0. The van der Waals surface area contributed by atoms with E-state index in [2.05, 4.69) is 48.7 Å². The van der Waals surface area contributed by atoms with Crippen molar-refractivity contribution in [1.82, 2.24) is 10.6 Å². The normalized spacial score (nSPS) is 12.5. The van der Waals surface area contributed by atoms with Crippen LogP contribution in [0.2, 0.25) is 0 Å². The fourth-order valence-electron chi connectivity index (χ4n) is 2.47. The number of rotatable bonds is 12. The average molecular weight is 332 g/mol. The smallest absolute Gasteiger partial charge is 0.243 e. The Hall–Kier alpha value is -1.65. The molecule has 1 aromatic rings. The lowest BCUT2D eigenvalue weighted by atomic mass is 9.93. The zero-order valence-electron chi connectivity index (χ0n) is 15.3. The van der Waals surface area contributed by atoms with Crippen molar-refractivity contribution in [2.75, 3.05) is 33.4 Å². The van der Waals surface area contributed by atoms with E-state index in [1.807, 2.05) is 0 Å². The Morgan fingerprint density at radius 3 is 2.67 bits per heavy atom. The van der Waals surface area contributed by atoms with E-state index in [-0.39, 0.29) is 5.91 Å². The zero-order valence-corrected chi connectivity index (χ0v) is 15.3. The van der Waals surface area contributed by atoms with E-state index in [1.54, 1.807) is 13.1 Å². The third-order valence-electron chi connectivity index (χ3n) is 4.10. The Bertz CT molecular complexity index is 483. The van der Waals surface area contributed by atoms with Gasteiger partial charge in [-0.15, -0.1) is 0 Å². The van der Waals surface area contributed by atoms with Crippen LogP contribution in [0.3, 0.4) is 0 Å². The lowest BCUT2D eigenvalue weighted by Gasteiger charge is -2.15. The summed E-state index contributed by atoms with van der Waals surface area (Å²) in [6.45, 7) is 7.38. The van der Waals surface area contributed by atoms with E-state index in [1.165, 1.54) is 30.0 Å². The van der Waals surface area contributed by atoms with Gasteiger partial charge in [0.25, 0.3) is 0 Å². The van der Waals surface area contributed by atoms with Crippen LogP contribution in [0.1, 0.15) is 30.9 Å². The first-order valence-electron chi connectivity index (χ1n) is 8.88. The van der Waals surface area contributed by atoms with Gasteiger partial charge in [-0.1, -0.05) is 49.2 Å². The Morgan fingerprint density at radius 1 is 1.25 bits per heavy atom. The van der Waals surface area contributed by atoms with Gasteiger partial charge in [0.2, 0.25) is 5.91 Å². The fourth-order valence-corrected chi connectivity index (χ4v) is 2.47. The molecule has 1 unspecified atom stereocenters. The number of hydrogen-bond donors (Lipinski definition) is 2. The van der Waals surface area contributed by atoms with Crippen molar-refractivity contribution in [3.63, 3.8) is 0 Å². The summed E-state index contributed by atoms with van der Waals surface area (Å²) < 4.78 is 5.44. The number of ether oxygens (including phenoxy) is 1. The summed E-state index contributed by atoms with van der Waals surface area (Å²) in [5.74, 6) is 0.618. The first kappa shape index (κ1) is 20.4. The molecule has 0 aliphatic carbocycles. The average Bonchev–Trinajstić information content (AvgIpc) is 2.60. The summed E-state index contributed by atoms with van der Waals surface area (Å²) in [6, 6.07) is 8.86. The Balaban J connectivity index is 2.07. The number of nitrogens with one attached hydrogen (secondary N) is 2. The van der Waals surface area contributed by atoms with Crippen molar-refractivity contribution >= 4 is 5.91 Å². The SMILES string of the molecule is CCC(CCNCCOC/C=C\C(=O)NC)Cc1ccc(C)cc1. The van der Waals surface area contributed by atoms with Crippen LogP contribution in [-0.4, -0.2) is 39.3 Å². The predicted octanol–water partition coefficient (Wildman–Crippen LogP) is 2.86. The first-order chi connectivity index (χ1) is 11.7. The molecule has 1 rings (SSSR count). The van der Waals surface area contributed by atoms with Gasteiger partial charge in [0.15, 0.2) is 0 Å². The van der Waals surface area contributed by atoms with Gasteiger partial charge in [-0.3, -0.25) is 4.79 Å². The number of carbonyl (C=O) groups is 1. The number of carbonyl (C=O) groups excluding carboxylic acids is 1. The second kappa shape index (κ2) is 12.7. The van der Waals surface area contributed by atoms with E-state index in [0.717, 1.165) is 25.4 Å². The van der Waals surface area contributed by atoms with Gasteiger partial charge < -0.3 is 15.4 Å². The molecule has 0 radical (unpaired) electrons. The summed E-state index contributed by atoms with van der Waals surface area (Å²) in [7, 11) is 1.61. The zero-order chi connectivity index (χ0) is 17.6. The highest BCUT2D eigenvalue weighted by Gasteiger charge is 2.07. The van der Waals surface area contributed by atoms with Crippen molar-refractivity contribution in [3.8, 4) is 0 Å². The van der Waals surface area contributed by atoms with E-state index in [9.17, 15) is 4.79 Å². The minimum absolute atomic E-state index is 0.101. The van der Waals surface area contributed by atoms with E-state index >= 15 is 0 Å². The molecule has 2 N–H and O–H groups in total. The summed E-state index contributed by atoms with van der Waals surface area (Å²) >= 11 is 0. The van der Waals surface area contributed by atoms with Crippen LogP contribution in [0, 0.1) is 12.8 Å². The van der Waals surface area contributed by atoms with Crippen molar-refractivity contribution in [2.45, 2.75) is 33.1 Å². The predicted molar refractivity (Wildman–Crippen MR) is 100 cm³/mol. The molecule has 0 saturated carbocycles. The summed E-state index contributed by atoms with van der Waals surface area (Å²) in [4.78, 5) is 11.0. The molecule has 1 amide bonds. The molecule has 1 atom stereocenters. The molecule has 0 spiro atoms. The molecule has 134 valence electrons. The number of likely N-dealkylation sites (N-methyl/N-ethyl adjacent to an activating group) is 1. The summed E-state index contributed by atoms with van der Waals surface area (Å²) in [5, 5.41) is 5.95. The maximum Gasteiger partial charge on any atom is 0.243 e. The van der Waals surface area contributed by atoms with Crippen LogP contribution < -0.4 is 10.6 Å². The van der Waals surface area contributed by atoms with Crippen LogP contribution in [0.4, 0.5) is 0 Å².